The Morgan fingerprint density at radius 3 is 1.46 bits per heavy atom. The molecule has 81 heavy (non-hydrogen) atoms. The summed E-state index contributed by atoms with van der Waals surface area (Å²) < 4.78 is 34.1. The van der Waals surface area contributed by atoms with Crippen molar-refractivity contribution in [1.82, 2.24) is 50.4 Å². The first kappa shape index (κ1) is 57.0. The van der Waals surface area contributed by atoms with E-state index in [1.807, 2.05) is 66.7 Å². The maximum atomic E-state index is 8.49. The molecule has 0 atom stereocenters. The molecule has 7 aromatic rings. The highest BCUT2D eigenvalue weighted by molar-refractivity contribution is 6.30. The Hall–Kier alpha value is -7.26. The van der Waals surface area contributed by atoms with Crippen molar-refractivity contribution < 1.29 is 28.4 Å². The number of nitrogens with two attached hydrogens (primary N) is 2. The van der Waals surface area contributed by atoms with E-state index < -0.39 is 0 Å². The van der Waals surface area contributed by atoms with Crippen LogP contribution in [0.15, 0.2) is 84.9 Å². The minimum absolute atomic E-state index is 0.106. The van der Waals surface area contributed by atoms with Crippen molar-refractivity contribution in [3.05, 3.63) is 134 Å². The smallest absolute Gasteiger partial charge is 0.222 e. The van der Waals surface area contributed by atoms with E-state index in [0.717, 1.165) is 158 Å². The normalized spacial score (nSPS) is 14.9. The third kappa shape index (κ3) is 15.6. The number of aryl methyl sites for hydroxylation is 2. The van der Waals surface area contributed by atoms with Crippen LogP contribution in [0.2, 0.25) is 10.0 Å². The Balaban J connectivity index is 0.000000182. The van der Waals surface area contributed by atoms with Gasteiger partial charge in [-0.1, -0.05) is 52.7 Å². The first-order chi connectivity index (χ1) is 39.7. The molecule has 424 valence electrons. The molecule has 0 spiro atoms. The van der Waals surface area contributed by atoms with Crippen LogP contribution in [0.3, 0.4) is 0 Å². The predicted molar refractivity (Wildman–Crippen MR) is 309 cm³/mol. The number of fused-ring (bicyclic) bond motifs is 6. The Kier molecular flexibility index (Phi) is 20.0. The maximum Gasteiger partial charge on any atom is 0.222 e. The summed E-state index contributed by atoms with van der Waals surface area (Å²) in [6.45, 7) is 13.6. The van der Waals surface area contributed by atoms with Gasteiger partial charge in [0.2, 0.25) is 11.9 Å². The lowest BCUT2D eigenvalue weighted by molar-refractivity contribution is 0.0300. The number of piperazine rings is 2. The third-order valence-corrected chi connectivity index (χ3v) is 15.1. The molecule has 11 rings (SSSR count). The van der Waals surface area contributed by atoms with E-state index in [1.54, 1.807) is 0 Å². The summed E-state index contributed by atoms with van der Waals surface area (Å²) in [7, 11) is 0. The number of aromatic nitrogens is 8. The SMILES string of the molecule is N#CCOCCOCCN1CCN(c2nc(N)nc3c2CCc2cc(OCc4ccc(Cl)cc4)ccc2-3)CC1.Nc1nc2c(c(N3CCN(CCOCCOCc4nn[nH]n4)CC3)n1)CCc1cc(OCc3ccc(Cl)cc3)ccc1-2. The van der Waals surface area contributed by atoms with Gasteiger partial charge in [0.05, 0.1) is 57.1 Å². The molecular formula is C58H67Cl2N15O6. The minimum atomic E-state index is 0.106. The number of hydrogen-bond donors (Lipinski definition) is 3. The number of tetrazole rings is 1. The second kappa shape index (κ2) is 28.4. The predicted octanol–water partition coefficient (Wildman–Crippen LogP) is 6.66. The Morgan fingerprint density at radius 1 is 0.531 bits per heavy atom. The molecule has 2 fully saturated rings. The van der Waals surface area contributed by atoms with Gasteiger partial charge in [-0.15, -0.1) is 10.2 Å². The fourth-order valence-corrected chi connectivity index (χ4v) is 10.6. The van der Waals surface area contributed by atoms with E-state index in [-0.39, 0.29) is 6.61 Å². The number of benzene rings is 4. The van der Waals surface area contributed by atoms with E-state index >= 15 is 0 Å². The zero-order valence-corrected chi connectivity index (χ0v) is 46.8. The van der Waals surface area contributed by atoms with Crippen molar-refractivity contribution in [3.63, 3.8) is 0 Å². The minimum Gasteiger partial charge on any atom is -0.489 e. The fourth-order valence-electron chi connectivity index (χ4n) is 10.3. The largest absolute Gasteiger partial charge is 0.489 e. The number of nitrogens with zero attached hydrogens (tertiary/aromatic N) is 12. The summed E-state index contributed by atoms with van der Waals surface area (Å²) >= 11 is 12.0. The van der Waals surface area contributed by atoms with Crippen LogP contribution < -0.4 is 30.7 Å². The molecule has 2 aliphatic heterocycles. The van der Waals surface area contributed by atoms with E-state index in [0.29, 0.717) is 77.2 Å². The number of halogens is 2. The lowest BCUT2D eigenvalue weighted by Gasteiger charge is -2.37. The number of anilines is 4. The maximum absolute atomic E-state index is 8.49. The highest BCUT2D eigenvalue weighted by Gasteiger charge is 2.29. The molecule has 2 aliphatic carbocycles. The van der Waals surface area contributed by atoms with Gasteiger partial charge in [-0.05, 0) is 109 Å². The third-order valence-electron chi connectivity index (χ3n) is 14.6. The van der Waals surface area contributed by atoms with E-state index in [1.165, 1.54) is 22.3 Å². The van der Waals surface area contributed by atoms with Gasteiger partial charge in [-0.3, -0.25) is 9.80 Å². The van der Waals surface area contributed by atoms with Crippen LogP contribution in [0.1, 0.15) is 39.2 Å². The van der Waals surface area contributed by atoms with Crippen LogP contribution in [-0.2, 0) is 64.5 Å². The van der Waals surface area contributed by atoms with Crippen molar-refractivity contribution in [2.24, 2.45) is 0 Å². The van der Waals surface area contributed by atoms with Gasteiger partial charge in [0.1, 0.15) is 49.6 Å². The highest BCUT2D eigenvalue weighted by Crippen LogP contribution is 2.40. The van der Waals surface area contributed by atoms with Gasteiger partial charge in [-0.25, -0.2) is 9.97 Å². The second-order valence-corrected chi connectivity index (χ2v) is 20.8. The van der Waals surface area contributed by atoms with Gasteiger partial charge in [-0.2, -0.15) is 20.4 Å². The highest BCUT2D eigenvalue weighted by atomic mass is 35.5. The van der Waals surface area contributed by atoms with Crippen molar-refractivity contribution in [1.29, 1.82) is 5.26 Å². The molecule has 23 heteroatoms. The Morgan fingerprint density at radius 2 is 1.00 bits per heavy atom. The Labute approximate surface area is 481 Å². The topological polar surface area (TPSA) is 250 Å². The van der Waals surface area contributed by atoms with Crippen LogP contribution in [0.25, 0.3) is 22.5 Å². The van der Waals surface area contributed by atoms with Gasteiger partial charge in [0, 0.05) is 97.7 Å². The molecule has 5 heterocycles. The van der Waals surface area contributed by atoms with Crippen molar-refractivity contribution in [2.75, 3.05) is 133 Å². The van der Waals surface area contributed by atoms with Crippen LogP contribution in [0, 0.1) is 11.3 Å². The molecule has 0 amide bonds. The number of nitriles is 1. The van der Waals surface area contributed by atoms with Crippen molar-refractivity contribution in [3.8, 4) is 40.1 Å². The second-order valence-electron chi connectivity index (χ2n) is 19.9. The quantitative estimate of drug-likeness (QED) is 0.0566. The van der Waals surface area contributed by atoms with Gasteiger partial charge in [0.15, 0.2) is 5.82 Å². The molecular weight excluding hydrogens is 1070 g/mol. The van der Waals surface area contributed by atoms with Crippen LogP contribution in [-0.4, -0.2) is 162 Å². The number of rotatable bonds is 23. The zero-order chi connectivity index (χ0) is 55.8. The number of hydrogen-bond acceptors (Lipinski definition) is 20. The number of nitrogens with one attached hydrogen (secondary N) is 1. The fraction of sp³-hybridized carbons (Fsp3) is 0.414. The van der Waals surface area contributed by atoms with E-state index in [2.05, 4.69) is 79.4 Å². The molecule has 4 aliphatic rings. The lowest BCUT2D eigenvalue weighted by Crippen LogP contribution is -2.48. The summed E-state index contributed by atoms with van der Waals surface area (Å²) in [5, 5.41) is 23.5. The average Bonchev–Trinajstić information content (AvgIpc) is 4.04. The molecule has 0 unspecified atom stereocenters. The van der Waals surface area contributed by atoms with Crippen LogP contribution in [0.4, 0.5) is 23.5 Å². The molecule has 5 N–H and O–H groups in total. The molecule has 3 aromatic heterocycles. The summed E-state index contributed by atoms with van der Waals surface area (Å²) in [6, 6.07) is 29.8. The summed E-state index contributed by atoms with van der Waals surface area (Å²) in [5.74, 6) is 4.73. The number of ether oxygens (including phenoxy) is 6. The summed E-state index contributed by atoms with van der Waals surface area (Å²) in [6.07, 6.45) is 3.52. The van der Waals surface area contributed by atoms with E-state index in [9.17, 15) is 0 Å². The Bertz CT molecular complexity index is 3190. The summed E-state index contributed by atoms with van der Waals surface area (Å²) in [4.78, 5) is 28.2. The van der Waals surface area contributed by atoms with E-state index in [4.69, 9.17) is 73.3 Å². The van der Waals surface area contributed by atoms with Gasteiger partial charge < -0.3 is 49.7 Å². The molecule has 0 radical (unpaired) electrons. The van der Waals surface area contributed by atoms with Gasteiger partial charge >= 0.3 is 0 Å². The number of aromatic amines is 1. The lowest BCUT2D eigenvalue weighted by atomic mass is 9.88. The summed E-state index contributed by atoms with van der Waals surface area (Å²) in [5.41, 5.74) is 23.4. The monoisotopic (exact) mass is 1140 g/mol. The molecule has 4 aromatic carbocycles. The molecule has 0 bridgehead atoms. The first-order valence-corrected chi connectivity index (χ1v) is 28.2. The average molecular weight is 1140 g/mol. The molecule has 21 nitrogen and oxygen atoms in total. The van der Waals surface area contributed by atoms with Crippen molar-refractivity contribution >= 4 is 46.7 Å². The van der Waals surface area contributed by atoms with Gasteiger partial charge in [0.25, 0.3) is 0 Å². The molecule has 2 saturated heterocycles. The number of H-pyrrole nitrogens is 1. The van der Waals surface area contributed by atoms with Crippen molar-refractivity contribution in [2.45, 2.75) is 45.5 Å². The standard InChI is InChI=1S/C29H34ClN9O3.C29H33ClN6O3/c30-22-4-1-20(2-5-22)18-42-23-6-8-24-21(17-23)3-7-25-27(24)32-29(31)33-28(25)39-11-9-38(10-12-39)13-14-40-15-16-41-19-26-34-36-37-35-26;30-23-4-1-21(2-5-23)20-39-24-6-8-25-22(19-24)3-7-26-27(25)33-29(32)34-28(26)36-12-10-35(11-13-36)14-16-38-18-17-37-15-9-31/h1-2,4-6,8,17H,3,7,9-16,18-19H2,(H2,31,32,33)(H,34,35,36,37);1-2,4-6,8,19H,3,7,10-18,20H2,(H2,32,33,34). The van der Waals surface area contributed by atoms with Crippen LogP contribution in [0.5, 0.6) is 11.5 Å². The molecule has 0 saturated carbocycles. The first-order valence-electron chi connectivity index (χ1n) is 27.4. The number of nitrogen functional groups attached to an aromatic ring is 2. The zero-order valence-electron chi connectivity index (χ0n) is 45.3. The van der Waals surface area contributed by atoms with Crippen LogP contribution >= 0.6 is 23.2 Å².